The third-order valence-electron chi connectivity index (χ3n) is 3.63. The molecule has 0 atom stereocenters. The van der Waals surface area contributed by atoms with E-state index in [9.17, 15) is 4.79 Å². The van der Waals surface area contributed by atoms with Gasteiger partial charge in [-0.2, -0.15) is 0 Å². The van der Waals surface area contributed by atoms with Crippen molar-refractivity contribution in [3.05, 3.63) is 42.5 Å². The van der Waals surface area contributed by atoms with Crippen LogP contribution in [-0.4, -0.2) is 30.5 Å². The van der Waals surface area contributed by atoms with E-state index in [-0.39, 0.29) is 6.03 Å². The van der Waals surface area contributed by atoms with Crippen LogP contribution in [0.5, 0.6) is 0 Å². The fourth-order valence-corrected chi connectivity index (χ4v) is 3.20. The highest BCUT2D eigenvalue weighted by Gasteiger charge is 2.26. The van der Waals surface area contributed by atoms with E-state index in [1.807, 2.05) is 13.1 Å². The first kappa shape index (κ1) is 14.0. The minimum Gasteiger partial charge on any atom is -0.283 e. The minimum atomic E-state index is -0.291. The van der Waals surface area contributed by atoms with Gasteiger partial charge in [-0.15, -0.1) is 0 Å². The zero-order valence-electron chi connectivity index (χ0n) is 12.4. The van der Waals surface area contributed by atoms with Crippen LogP contribution >= 0.6 is 11.3 Å². The van der Waals surface area contributed by atoms with Crippen molar-refractivity contribution < 1.29 is 4.79 Å². The van der Waals surface area contributed by atoms with E-state index < -0.39 is 0 Å². The maximum absolute atomic E-state index is 12.0. The lowest BCUT2D eigenvalue weighted by Crippen LogP contribution is -2.17. The average molecular weight is 326 g/mol. The quantitative estimate of drug-likeness (QED) is 0.799. The number of aromatic nitrogens is 5. The molecule has 0 aliphatic heterocycles. The van der Waals surface area contributed by atoms with Crippen LogP contribution in [0.15, 0.2) is 31.1 Å². The van der Waals surface area contributed by atoms with E-state index in [1.54, 1.807) is 18.6 Å². The summed E-state index contributed by atoms with van der Waals surface area (Å²) in [5, 5.41) is 3.31. The molecule has 0 aromatic carbocycles. The molecule has 0 radical (unpaired) electrons. The maximum atomic E-state index is 12.0. The molecule has 3 aromatic rings. The Labute approximate surface area is 136 Å². The van der Waals surface area contributed by atoms with Gasteiger partial charge in [-0.3, -0.25) is 14.9 Å². The number of aryl methyl sites for hydroxylation is 1. The SMILES string of the molecule is Cc1nc(NC(=O)n2ccnc2)sc1-c1cncc(C2CC2)n1. The summed E-state index contributed by atoms with van der Waals surface area (Å²) in [6.07, 6.45) is 10.5. The second kappa shape index (κ2) is 5.54. The monoisotopic (exact) mass is 326 g/mol. The molecule has 8 heteroatoms. The number of hydrogen-bond acceptors (Lipinski definition) is 6. The molecule has 1 aliphatic rings. The van der Waals surface area contributed by atoms with Crippen LogP contribution in [0.2, 0.25) is 0 Å². The Morgan fingerprint density at radius 2 is 2.17 bits per heavy atom. The van der Waals surface area contributed by atoms with Gasteiger partial charge in [-0.25, -0.2) is 19.7 Å². The first-order valence-corrected chi connectivity index (χ1v) is 8.11. The lowest BCUT2D eigenvalue weighted by Gasteiger charge is -2.01. The van der Waals surface area contributed by atoms with E-state index in [1.165, 1.54) is 35.1 Å². The van der Waals surface area contributed by atoms with Crippen molar-refractivity contribution >= 4 is 22.5 Å². The number of rotatable bonds is 3. The van der Waals surface area contributed by atoms with Crippen LogP contribution in [0.3, 0.4) is 0 Å². The van der Waals surface area contributed by atoms with Crippen molar-refractivity contribution in [3.8, 4) is 10.6 Å². The van der Waals surface area contributed by atoms with E-state index in [0.717, 1.165) is 22.0 Å². The van der Waals surface area contributed by atoms with Gasteiger partial charge in [0.05, 0.1) is 22.5 Å². The summed E-state index contributed by atoms with van der Waals surface area (Å²) in [7, 11) is 0. The number of anilines is 1. The molecule has 0 spiro atoms. The number of carbonyl (C=O) groups excluding carboxylic acids is 1. The molecule has 1 N–H and O–H groups in total. The third kappa shape index (κ3) is 2.85. The summed E-state index contributed by atoms with van der Waals surface area (Å²) in [6, 6.07) is -0.291. The molecule has 3 heterocycles. The van der Waals surface area contributed by atoms with Crippen LogP contribution in [0, 0.1) is 6.92 Å². The van der Waals surface area contributed by atoms with Crippen molar-refractivity contribution in [1.29, 1.82) is 0 Å². The van der Waals surface area contributed by atoms with Gasteiger partial charge in [-0.05, 0) is 19.8 Å². The molecular weight excluding hydrogens is 312 g/mol. The Bertz CT molecular complexity index is 853. The number of carbonyl (C=O) groups is 1. The van der Waals surface area contributed by atoms with Gasteiger partial charge in [0, 0.05) is 24.5 Å². The van der Waals surface area contributed by atoms with Gasteiger partial charge >= 0.3 is 6.03 Å². The normalized spacial score (nSPS) is 14.0. The van der Waals surface area contributed by atoms with Gasteiger partial charge in [0.15, 0.2) is 5.13 Å². The predicted molar refractivity (Wildman–Crippen MR) is 86.5 cm³/mol. The largest absolute Gasteiger partial charge is 0.333 e. The van der Waals surface area contributed by atoms with Crippen LogP contribution < -0.4 is 5.32 Å². The van der Waals surface area contributed by atoms with Crippen molar-refractivity contribution in [2.45, 2.75) is 25.7 Å². The van der Waals surface area contributed by atoms with Crippen LogP contribution in [0.4, 0.5) is 9.93 Å². The van der Waals surface area contributed by atoms with E-state index in [4.69, 9.17) is 0 Å². The summed E-state index contributed by atoms with van der Waals surface area (Å²) >= 11 is 1.40. The molecule has 7 nitrogen and oxygen atoms in total. The fourth-order valence-electron chi connectivity index (χ4n) is 2.29. The lowest BCUT2D eigenvalue weighted by molar-refractivity contribution is 0.253. The second-order valence-electron chi connectivity index (χ2n) is 5.44. The zero-order valence-corrected chi connectivity index (χ0v) is 13.2. The predicted octanol–water partition coefficient (Wildman–Crippen LogP) is 3.06. The van der Waals surface area contributed by atoms with Crippen LogP contribution in [0.25, 0.3) is 10.6 Å². The topological polar surface area (TPSA) is 85.6 Å². The van der Waals surface area contributed by atoms with Crippen LogP contribution in [-0.2, 0) is 0 Å². The summed E-state index contributed by atoms with van der Waals surface area (Å²) in [4.78, 5) is 30.2. The molecule has 1 amide bonds. The first-order chi connectivity index (χ1) is 11.2. The molecule has 1 fully saturated rings. The van der Waals surface area contributed by atoms with Crippen molar-refractivity contribution in [1.82, 2.24) is 24.5 Å². The Balaban J connectivity index is 1.59. The molecule has 23 heavy (non-hydrogen) atoms. The molecule has 1 saturated carbocycles. The molecule has 0 saturated heterocycles. The van der Waals surface area contributed by atoms with Gasteiger partial charge in [-0.1, -0.05) is 11.3 Å². The molecular formula is C15H14N6OS. The number of imidazole rings is 1. The van der Waals surface area contributed by atoms with Gasteiger partial charge in [0.2, 0.25) is 0 Å². The Hall–Kier alpha value is -2.61. The number of nitrogens with zero attached hydrogens (tertiary/aromatic N) is 5. The van der Waals surface area contributed by atoms with Crippen molar-refractivity contribution in [2.24, 2.45) is 0 Å². The second-order valence-corrected chi connectivity index (χ2v) is 6.44. The molecule has 0 bridgehead atoms. The van der Waals surface area contributed by atoms with Gasteiger partial charge in [0.1, 0.15) is 12.0 Å². The van der Waals surface area contributed by atoms with E-state index in [2.05, 4.69) is 25.3 Å². The highest BCUT2D eigenvalue weighted by atomic mass is 32.1. The Morgan fingerprint density at radius 1 is 1.30 bits per heavy atom. The number of nitrogens with one attached hydrogen (secondary N) is 1. The highest BCUT2D eigenvalue weighted by Crippen LogP contribution is 2.40. The van der Waals surface area contributed by atoms with E-state index >= 15 is 0 Å². The molecule has 1 aliphatic carbocycles. The number of hydrogen-bond donors (Lipinski definition) is 1. The van der Waals surface area contributed by atoms with Gasteiger partial charge in [0.25, 0.3) is 0 Å². The summed E-state index contributed by atoms with van der Waals surface area (Å²) in [5.41, 5.74) is 2.69. The Morgan fingerprint density at radius 3 is 2.91 bits per heavy atom. The minimum absolute atomic E-state index is 0.291. The summed E-state index contributed by atoms with van der Waals surface area (Å²) < 4.78 is 1.37. The number of amides is 1. The molecule has 4 rings (SSSR count). The smallest absolute Gasteiger partial charge is 0.283 e. The lowest BCUT2D eigenvalue weighted by atomic mass is 10.2. The van der Waals surface area contributed by atoms with Crippen molar-refractivity contribution in [3.63, 3.8) is 0 Å². The fraction of sp³-hybridized carbons (Fsp3) is 0.267. The molecule has 3 aromatic heterocycles. The summed E-state index contributed by atoms with van der Waals surface area (Å²) in [5.74, 6) is 0.552. The average Bonchev–Trinajstić information content (AvgIpc) is 3.12. The highest BCUT2D eigenvalue weighted by molar-refractivity contribution is 7.19. The van der Waals surface area contributed by atoms with Crippen LogP contribution in [0.1, 0.15) is 30.1 Å². The maximum Gasteiger partial charge on any atom is 0.333 e. The van der Waals surface area contributed by atoms with E-state index in [0.29, 0.717) is 11.0 Å². The zero-order chi connectivity index (χ0) is 15.8. The molecule has 116 valence electrons. The third-order valence-corrected chi connectivity index (χ3v) is 4.73. The summed E-state index contributed by atoms with van der Waals surface area (Å²) in [6.45, 7) is 1.91. The Kier molecular flexibility index (Phi) is 3.38. The standard InChI is InChI=1S/C15H14N6OS/c1-9-13(12-7-17-6-11(19-12)10-2-3-10)23-14(18-9)20-15(22)21-5-4-16-8-21/h4-8,10H,2-3H2,1H3,(H,18,20,22). The number of thiazole rings is 1. The van der Waals surface area contributed by atoms with Crippen molar-refractivity contribution in [2.75, 3.05) is 5.32 Å². The molecule has 0 unspecified atom stereocenters. The first-order valence-electron chi connectivity index (χ1n) is 7.30. The van der Waals surface area contributed by atoms with Gasteiger partial charge < -0.3 is 0 Å².